The number of fused-ring (bicyclic) bond motifs is 1. The van der Waals surface area contributed by atoms with Crippen LogP contribution in [-0.4, -0.2) is 37.5 Å². The van der Waals surface area contributed by atoms with E-state index in [0.717, 1.165) is 44.2 Å². The first-order chi connectivity index (χ1) is 15.4. The molecule has 0 bridgehead atoms. The minimum atomic E-state index is -0.628. The summed E-state index contributed by atoms with van der Waals surface area (Å²) in [7, 11) is 0. The highest BCUT2D eigenvalue weighted by atomic mass is 32.1. The fraction of sp³-hybridized carbons (Fsp3) is 0.292. The first-order valence-electron chi connectivity index (χ1n) is 10.5. The van der Waals surface area contributed by atoms with Gasteiger partial charge in [0.2, 0.25) is 5.91 Å². The average molecular weight is 450 g/mol. The molecule has 0 fully saturated rings. The van der Waals surface area contributed by atoms with Gasteiger partial charge in [0.05, 0.1) is 20.9 Å². The summed E-state index contributed by atoms with van der Waals surface area (Å²) in [5.74, 6) is 0.490. The molecule has 0 aliphatic heterocycles. The molecule has 1 unspecified atom stereocenters. The van der Waals surface area contributed by atoms with Gasteiger partial charge in [0.15, 0.2) is 5.82 Å². The Labute approximate surface area is 191 Å². The SMILES string of the molecule is CCC(O)c1ncc(-c2cc(-c3ccccn3)c3sc(C)nc3c2)cn1.CCNC(C)=O. The number of aryl methyl sites for hydroxylation is 1. The van der Waals surface area contributed by atoms with E-state index in [2.05, 4.69) is 37.4 Å². The Bertz CT molecular complexity index is 1180. The average Bonchev–Trinajstić information content (AvgIpc) is 3.19. The van der Waals surface area contributed by atoms with Gasteiger partial charge in [-0.05, 0) is 50.1 Å². The van der Waals surface area contributed by atoms with Gasteiger partial charge in [-0.2, -0.15) is 0 Å². The van der Waals surface area contributed by atoms with Crippen LogP contribution >= 0.6 is 11.3 Å². The molecule has 32 heavy (non-hydrogen) atoms. The van der Waals surface area contributed by atoms with Crippen molar-refractivity contribution >= 4 is 27.5 Å². The quantitative estimate of drug-likeness (QED) is 0.458. The maximum absolute atomic E-state index is 9.93. The van der Waals surface area contributed by atoms with E-state index >= 15 is 0 Å². The number of carbonyl (C=O) groups is 1. The van der Waals surface area contributed by atoms with Crippen LogP contribution in [0.4, 0.5) is 0 Å². The minimum Gasteiger partial charge on any atom is -0.385 e. The molecular weight excluding hydrogens is 422 g/mol. The molecule has 7 nitrogen and oxygen atoms in total. The summed E-state index contributed by atoms with van der Waals surface area (Å²) >= 11 is 1.67. The van der Waals surface area contributed by atoms with Gasteiger partial charge in [-0.25, -0.2) is 15.0 Å². The minimum absolute atomic E-state index is 0.0394. The van der Waals surface area contributed by atoms with Crippen molar-refractivity contribution in [2.24, 2.45) is 0 Å². The largest absolute Gasteiger partial charge is 0.385 e. The summed E-state index contributed by atoms with van der Waals surface area (Å²) < 4.78 is 1.13. The van der Waals surface area contributed by atoms with Crippen LogP contribution in [0.1, 0.15) is 44.1 Å². The summed E-state index contributed by atoms with van der Waals surface area (Å²) in [6.45, 7) is 8.04. The van der Waals surface area contributed by atoms with Gasteiger partial charge in [0, 0.05) is 43.2 Å². The van der Waals surface area contributed by atoms with Gasteiger partial charge in [0.1, 0.15) is 6.10 Å². The molecule has 4 aromatic rings. The lowest BCUT2D eigenvalue weighted by Crippen LogP contribution is -2.18. The summed E-state index contributed by atoms with van der Waals surface area (Å²) in [6, 6.07) is 10.1. The predicted octanol–water partition coefficient (Wildman–Crippen LogP) is 4.71. The number of nitrogens with one attached hydrogen (secondary N) is 1. The van der Waals surface area contributed by atoms with Gasteiger partial charge < -0.3 is 10.4 Å². The van der Waals surface area contributed by atoms with Crippen molar-refractivity contribution in [2.75, 3.05) is 6.54 Å². The highest BCUT2D eigenvalue weighted by Gasteiger charge is 2.14. The monoisotopic (exact) mass is 449 g/mol. The van der Waals surface area contributed by atoms with Gasteiger partial charge in [-0.15, -0.1) is 11.3 Å². The number of aliphatic hydroxyl groups excluding tert-OH is 1. The van der Waals surface area contributed by atoms with E-state index in [-0.39, 0.29) is 5.91 Å². The zero-order chi connectivity index (χ0) is 23.1. The lowest BCUT2D eigenvalue weighted by atomic mass is 10.0. The molecule has 0 saturated heterocycles. The summed E-state index contributed by atoms with van der Waals surface area (Å²) in [6.07, 6.45) is 5.27. The van der Waals surface area contributed by atoms with Crippen LogP contribution in [0.5, 0.6) is 0 Å². The van der Waals surface area contributed by atoms with Gasteiger partial charge in [-0.3, -0.25) is 9.78 Å². The maximum atomic E-state index is 9.93. The second-order valence-electron chi connectivity index (χ2n) is 7.16. The number of carbonyl (C=O) groups excluding carboxylic acids is 1. The van der Waals surface area contributed by atoms with E-state index in [1.54, 1.807) is 29.9 Å². The van der Waals surface area contributed by atoms with Gasteiger partial charge >= 0.3 is 0 Å². The lowest BCUT2D eigenvalue weighted by Gasteiger charge is -2.09. The number of pyridine rings is 1. The number of thiazole rings is 1. The molecule has 0 aliphatic carbocycles. The van der Waals surface area contributed by atoms with E-state index in [1.165, 1.54) is 6.92 Å². The van der Waals surface area contributed by atoms with Crippen molar-refractivity contribution in [1.82, 2.24) is 25.3 Å². The summed E-state index contributed by atoms with van der Waals surface area (Å²) in [5.41, 5.74) is 4.80. The van der Waals surface area contributed by atoms with E-state index < -0.39 is 6.10 Å². The molecule has 3 heterocycles. The molecule has 0 saturated carbocycles. The molecule has 4 rings (SSSR count). The highest BCUT2D eigenvalue weighted by molar-refractivity contribution is 7.19. The predicted molar refractivity (Wildman–Crippen MR) is 128 cm³/mol. The van der Waals surface area contributed by atoms with Crippen LogP contribution in [0.3, 0.4) is 0 Å². The Kier molecular flexibility index (Phi) is 7.97. The zero-order valence-electron chi connectivity index (χ0n) is 18.7. The normalized spacial score (nSPS) is 11.5. The second-order valence-corrected chi connectivity index (χ2v) is 8.36. The molecule has 1 atom stereocenters. The number of aromatic nitrogens is 4. The number of hydrogen-bond donors (Lipinski definition) is 2. The molecule has 0 radical (unpaired) electrons. The lowest BCUT2D eigenvalue weighted by molar-refractivity contribution is -0.118. The smallest absolute Gasteiger partial charge is 0.216 e. The van der Waals surface area contributed by atoms with Crippen molar-refractivity contribution in [2.45, 2.75) is 40.2 Å². The van der Waals surface area contributed by atoms with E-state index in [0.29, 0.717) is 12.2 Å². The van der Waals surface area contributed by atoms with Crippen LogP contribution in [0.2, 0.25) is 0 Å². The third-order valence-corrected chi connectivity index (χ3v) is 5.67. The third-order valence-electron chi connectivity index (χ3n) is 4.65. The second kappa shape index (κ2) is 10.9. The van der Waals surface area contributed by atoms with Gasteiger partial charge in [-0.1, -0.05) is 13.0 Å². The Hall–Kier alpha value is -3.23. The molecule has 8 heteroatoms. The zero-order valence-corrected chi connectivity index (χ0v) is 19.5. The molecule has 3 aromatic heterocycles. The number of rotatable bonds is 5. The summed E-state index contributed by atoms with van der Waals surface area (Å²) in [5, 5.41) is 13.5. The fourth-order valence-corrected chi connectivity index (χ4v) is 4.04. The van der Waals surface area contributed by atoms with Crippen LogP contribution in [0.15, 0.2) is 48.9 Å². The van der Waals surface area contributed by atoms with Crippen LogP contribution in [0.25, 0.3) is 32.6 Å². The van der Waals surface area contributed by atoms with Crippen molar-refractivity contribution in [1.29, 1.82) is 0 Å². The van der Waals surface area contributed by atoms with E-state index in [1.807, 2.05) is 39.0 Å². The first kappa shape index (κ1) is 23.4. The standard InChI is InChI=1S/C20H18N4OS.C4H9NO/c1-3-18(25)20-22-10-14(11-23-20)13-8-15(16-6-4-5-7-21-16)19-17(9-13)24-12(2)26-19;1-3-5-4(2)6/h4-11,18,25H,3H2,1-2H3;3H2,1-2H3,(H,5,6). The molecule has 1 amide bonds. The number of aliphatic hydroxyl groups is 1. The number of benzene rings is 1. The maximum Gasteiger partial charge on any atom is 0.216 e. The number of hydrogen-bond acceptors (Lipinski definition) is 7. The highest BCUT2D eigenvalue weighted by Crippen LogP contribution is 2.36. The topological polar surface area (TPSA) is 101 Å². The number of amides is 1. The van der Waals surface area contributed by atoms with Crippen molar-refractivity contribution in [3.8, 4) is 22.4 Å². The van der Waals surface area contributed by atoms with Gasteiger partial charge in [0.25, 0.3) is 0 Å². The molecule has 1 aromatic carbocycles. The van der Waals surface area contributed by atoms with Crippen molar-refractivity contribution < 1.29 is 9.90 Å². The molecular formula is C24H27N5O2S. The Morgan fingerprint density at radius 2 is 1.88 bits per heavy atom. The van der Waals surface area contributed by atoms with Crippen LogP contribution in [-0.2, 0) is 4.79 Å². The molecule has 166 valence electrons. The Balaban J connectivity index is 0.000000427. The van der Waals surface area contributed by atoms with Crippen molar-refractivity contribution in [3.05, 3.63) is 59.8 Å². The number of nitrogens with zero attached hydrogens (tertiary/aromatic N) is 4. The first-order valence-corrected chi connectivity index (χ1v) is 11.3. The summed E-state index contributed by atoms with van der Waals surface area (Å²) in [4.78, 5) is 27.7. The van der Waals surface area contributed by atoms with Crippen molar-refractivity contribution in [3.63, 3.8) is 0 Å². The van der Waals surface area contributed by atoms with Crippen LogP contribution < -0.4 is 5.32 Å². The Morgan fingerprint density at radius 3 is 2.44 bits per heavy atom. The molecule has 0 spiro atoms. The van der Waals surface area contributed by atoms with Crippen LogP contribution in [0, 0.1) is 6.92 Å². The third kappa shape index (κ3) is 5.72. The Morgan fingerprint density at radius 1 is 1.12 bits per heavy atom. The van der Waals surface area contributed by atoms with E-state index in [4.69, 9.17) is 0 Å². The fourth-order valence-electron chi connectivity index (χ4n) is 3.11. The molecule has 0 aliphatic rings. The molecule has 2 N–H and O–H groups in total. The van der Waals surface area contributed by atoms with E-state index in [9.17, 15) is 9.90 Å².